The number of rotatable bonds is 1. The molecule has 0 heterocycles. The van der Waals surface area contributed by atoms with Crippen LogP contribution in [-0.2, 0) is 5.60 Å². The van der Waals surface area contributed by atoms with E-state index in [-0.39, 0.29) is 17.2 Å². The molecule has 1 N–H and O–H groups in total. The van der Waals surface area contributed by atoms with Gasteiger partial charge in [-0.15, -0.1) is 0 Å². The smallest absolute Gasteiger partial charge is 0.123 e. The Bertz CT molecular complexity index is 382. The van der Waals surface area contributed by atoms with Gasteiger partial charge in [-0.3, -0.25) is 0 Å². The minimum Gasteiger partial charge on any atom is -0.385 e. The number of hydrogen-bond acceptors (Lipinski definition) is 1. The van der Waals surface area contributed by atoms with Crippen LogP contribution in [0.2, 0.25) is 0 Å². The lowest BCUT2D eigenvalue weighted by Crippen LogP contribution is -2.29. The van der Waals surface area contributed by atoms with Crippen LogP contribution in [0.15, 0.2) is 24.3 Å². The maximum absolute atomic E-state index is 12.9. The Kier molecular flexibility index (Phi) is 2.58. The molecule has 1 aromatic rings. The van der Waals surface area contributed by atoms with Crippen molar-refractivity contribution >= 4 is 0 Å². The van der Waals surface area contributed by atoms with Crippen molar-refractivity contribution in [2.24, 2.45) is 11.3 Å². The van der Waals surface area contributed by atoms with E-state index in [1.807, 2.05) is 0 Å². The molecular formula is C14H19FO. The van der Waals surface area contributed by atoms with Crippen LogP contribution in [0.3, 0.4) is 0 Å². The molecule has 2 heteroatoms. The first-order valence-corrected chi connectivity index (χ1v) is 5.82. The lowest BCUT2D eigenvalue weighted by Gasteiger charge is -2.29. The van der Waals surface area contributed by atoms with Crippen LogP contribution in [0.5, 0.6) is 0 Å². The van der Waals surface area contributed by atoms with Gasteiger partial charge >= 0.3 is 0 Å². The molecule has 0 aliphatic heterocycles. The first kappa shape index (κ1) is 11.6. The molecule has 88 valence electrons. The second-order valence-corrected chi connectivity index (χ2v) is 5.88. The van der Waals surface area contributed by atoms with Crippen LogP contribution in [0.4, 0.5) is 4.39 Å². The van der Waals surface area contributed by atoms with Crippen molar-refractivity contribution in [2.45, 2.75) is 39.2 Å². The van der Waals surface area contributed by atoms with E-state index in [0.717, 1.165) is 18.4 Å². The molecule has 1 nitrogen and oxygen atoms in total. The Morgan fingerprint density at radius 1 is 1.25 bits per heavy atom. The molecular weight excluding hydrogens is 203 g/mol. The Morgan fingerprint density at radius 3 is 2.25 bits per heavy atom. The van der Waals surface area contributed by atoms with Crippen molar-refractivity contribution in [3.63, 3.8) is 0 Å². The molecule has 2 rings (SSSR count). The van der Waals surface area contributed by atoms with Gasteiger partial charge in [0.1, 0.15) is 5.82 Å². The Hall–Kier alpha value is -0.890. The minimum absolute atomic E-state index is 0.155. The van der Waals surface area contributed by atoms with E-state index in [1.54, 1.807) is 12.1 Å². The average Bonchev–Trinajstić information content (AvgIpc) is 2.37. The fraction of sp³-hybridized carbons (Fsp3) is 0.571. The minimum atomic E-state index is -0.794. The topological polar surface area (TPSA) is 20.2 Å². The summed E-state index contributed by atoms with van der Waals surface area (Å²) in [6.07, 6.45) is 1.74. The first-order valence-electron chi connectivity index (χ1n) is 5.82. The van der Waals surface area contributed by atoms with Crippen molar-refractivity contribution in [1.82, 2.24) is 0 Å². The second-order valence-electron chi connectivity index (χ2n) is 5.88. The lowest BCUT2D eigenvalue weighted by atomic mass is 9.84. The van der Waals surface area contributed by atoms with E-state index in [9.17, 15) is 9.50 Å². The normalized spacial score (nSPS) is 32.9. The molecule has 0 radical (unpaired) electrons. The third-order valence-electron chi connectivity index (χ3n) is 3.77. The molecule has 0 spiro atoms. The average molecular weight is 222 g/mol. The standard InChI is InChI=1S/C14H19FO/c1-10-8-13(2,3)9-14(10,16)11-4-6-12(15)7-5-11/h4-7,10,16H,8-9H2,1-3H3. The summed E-state index contributed by atoms with van der Waals surface area (Å²) in [6, 6.07) is 6.25. The van der Waals surface area contributed by atoms with Gasteiger partial charge in [0.15, 0.2) is 0 Å². The van der Waals surface area contributed by atoms with E-state index < -0.39 is 5.60 Å². The van der Waals surface area contributed by atoms with Gasteiger partial charge in [-0.05, 0) is 41.9 Å². The van der Waals surface area contributed by atoms with E-state index in [4.69, 9.17) is 0 Å². The molecule has 1 aromatic carbocycles. The van der Waals surface area contributed by atoms with E-state index in [2.05, 4.69) is 20.8 Å². The largest absolute Gasteiger partial charge is 0.385 e. The van der Waals surface area contributed by atoms with Crippen molar-refractivity contribution in [3.05, 3.63) is 35.6 Å². The van der Waals surface area contributed by atoms with Gasteiger partial charge in [-0.25, -0.2) is 4.39 Å². The molecule has 0 saturated heterocycles. The first-order chi connectivity index (χ1) is 7.33. The number of benzene rings is 1. The van der Waals surface area contributed by atoms with Crippen LogP contribution >= 0.6 is 0 Å². The monoisotopic (exact) mass is 222 g/mol. The highest BCUT2D eigenvalue weighted by Gasteiger charge is 2.48. The molecule has 1 aliphatic rings. The van der Waals surface area contributed by atoms with Gasteiger partial charge in [0.2, 0.25) is 0 Å². The van der Waals surface area contributed by atoms with E-state index in [0.29, 0.717) is 0 Å². The molecule has 1 saturated carbocycles. The zero-order valence-electron chi connectivity index (χ0n) is 10.1. The van der Waals surface area contributed by atoms with Crippen molar-refractivity contribution < 1.29 is 9.50 Å². The van der Waals surface area contributed by atoms with Crippen molar-refractivity contribution in [2.75, 3.05) is 0 Å². The van der Waals surface area contributed by atoms with Gasteiger partial charge in [0, 0.05) is 0 Å². The summed E-state index contributed by atoms with van der Waals surface area (Å²) < 4.78 is 12.9. The Labute approximate surface area is 96.3 Å². The SMILES string of the molecule is CC1CC(C)(C)CC1(O)c1ccc(F)cc1. The van der Waals surface area contributed by atoms with Crippen LogP contribution in [-0.4, -0.2) is 5.11 Å². The molecule has 2 atom stereocenters. The second kappa shape index (κ2) is 3.56. The van der Waals surface area contributed by atoms with Crippen LogP contribution in [0, 0.1) is 17.2 Å². The predicted octanol–water partition coefficient (Wildman–Crippen LogP) is 3.47. The maximum atomic E-state index is 12.9. The quantitative estimate of drug-likeness (QED) is 0.771. The Balaban J connectivity index is 2.36. The highest BCUT2D eigenvalue weighted by Crippen LogP contribution is 2.52. The van der Waals surface area contributed by atoms with Gasteiger partial charge in [0.05, 0.1) is 5.60 Å². The predicted molar refractivity (Wildman–Crippen MR) is 62.5 cm³/mol. The van der Waals surface area contributed by atoms with Crippen LogP contribution < -0.4 is 0 Å². The summed E-state index contributed by atoms with van der Waals surface area (Å²) in [5.41, 5.74) is 0.201. The van der Waals surface area contributed by atoms with E-state index >= 15 is 0 Å². The highest BCUT2D eigenvalue weighted by atomic mass is 19.1. The molecule has 1 fully saturated rings. The van der Waals surface area contributed by atoms with Gasteiger partial charge in [-0.1, -0.05) is 32.9 Å². The van der Waals surface area contributed by atoms with Crippen molar-refractivity contribution in [3.8, 4) is 0 Å². The summed E-state index contributed by atoms with van der Waals surface area (Å²) in [5.74, 6) is -0.0368. The fourth-order valence-electron chi connectivity index (χ4n) is 3.10. The third-order valence-corrected chi connectivity index (χ3v) is 3.77. The molecule has 0 aromatic heterocycles. The number of aliphatic hydroxyl groups is 1. The fourth-order valence-corrected chi connectivity index (χ4v) is 3.10. The Morgan fingerprint density at radius 2 is 1.81 bits per heavy atom. The van der Waals surface area contributed by atoms with Crippen LogP contribution in [0.25, 0.3) is 0 Å². The molecule has 0 amide bonds. The summed E-state index contributed by atoms with van der Waals surface area (Å²) in [5, 5.41) is 10.7. The van der Waals surface area contributed by atoms with E-state index in [1.165, 1.54) is 12.1 Å². The highest BCUT2D eigenvalue weighted by molar-refractivity contribution is 5.26. The number of halogens is 1. The van der Waals surface area contributed by atoms with Gasteiger partial charge in [0.25, 0.3) is 0 Å². The summed E-state index contributed by atoms with van der Waals surface area (Å²) in [7, 11) is 0. The number of hydrogen-bond donors (Lipinski definition) is 1. The third kappa shape index (κ3) is 1.86. The molecule has 16 heavy (non-hydrogen) atoms. The summed E-state index contributed by atoms with van der Waals surface area (Å²) >= 11 is 0. The van der Waals surface area contributed by atoms with Crippen molar-refractivity contribution in [1.29, 1.82) is 0 Å². The molecule has 1 aliphatic carbocycles. The zero-order valence-corrected chi connectivity index (χ0v) is 10.1. The van der Waals surface area contributed by atoms with Gasteiger partial charge in [-0.2, -0.15) is 0 Å². The van der Waals surface area contributed by atoms with Gasteiger partial charge < -0.3 is 5.11 Å². The summed E-state index contributed by atoms with van der Waals surface area (Å²) in [4.78, 5) is 0. The maximum Gasteiger partial charge on any atom is 0.123 e. The molecule has 2 unspecified atom stereocenters. The van der Waals surface area contributed by atoms with Crippen LogP contribution in [0.1, 0.15) is 39.2 Å². The summed E-state index contributed by atoms with van der Waals surface area (Å²) in [6.45, 7) is 6.41. The molecule has 0 bridgehead atoms. The zero-order chi connectivity index (χ0) is 12.0. The lowest BCUT2D eigenvalue weighted by molar-refractivity contribution is -0.000891.